The van der Waals surface area contributed by atoms with E-state index in [0.717, 1.165) is 18.2 Å². The zero-order chi connectivity index (χ0) is 26.3. The first-order valence-electron chi connectivity index (χ1n) is 10.9. The number of ether oxygens (including phenoxy) is 1. The van der Waals surface area contributed by atoms with Gasteiger partial charge in [0.1, 0.15) is 16.3 Å². The van der Waals surface area contributed by atoms with Crippen molar-refractivity contribution in [2.24, 2.45) is 7.05 Å². The molecule has 5 aromatic rings. The molecular weight excluding hydrogens is 502 g/mol. The van der Waals surface area contributed by atoms with E-state index in [9.17, 15) is 18.4 Å². The Hall–Kier alpha value is -4.64. The second-order valence-corrected chi connectivity index (χ2v) is 9.07. The van der Waals surface area contributed by atoms with E-state index >= 15 is 0 Å². The van der Waals surface area contributed by atoms with Crippen LogP contribution in [0.15, 0.2) is 70.5 Å². The summed E-state index contributed by atoms with van der Waals surface area (Å²) in [7, 11) is 1.60. The number of hydrogen-bond acceptors (Lipinski definition) is 7. The average Bonchev–Trinajstić information content (AvgIpc) is 3.51. The van der Waals surface area contributed by atoms with Gasteiger partial charge in [0.15, 0.2) is 11.6 Å². The van der Waals surface area contributed by atoms with Gasteiger partial charge in [-0.1, -0.05) is 6.58 Å². The van der Waals surface area contributed by atoms with Crippen molar-refractivity contribution >= 4 is 33.0 Å². The van der Waals surface area contributed by atoms with Gasteiger partial charge in [0.25, 0.3) is 11.4 Å². The first-order chi connectivity index (χ1) is 17.7. The van der Waals surface area contributed by atoms with Crippen molar-refractivity contribution in [2.75, 3.05) is 5.32 Å². The Balaban J connectivity index is 1.73. The number of nitrogens with one attached hydrogen (secondary N) is 1. The predicted octanol–water partition coefficient (Wildman–Crippen LogP) is 5.82. The van der Waals surface area contributed by atoms with Crippen molar-refractivity contribution in [1.29, 1.82) is 0 Å². The van der Waals surface area contributed by atoms with E-state index in [-0.39, 0.29) is 22.9 Å². The molecule has 3 heterocycles. The fourth-order valence-electron chi connectivity index (χ4n) is 3.73. The number of carbonyl (C=O) groups excluding carboxylic acids is 1. The van der Waals surface area contributed by atoms with Crippen LogP contribution in [0.1, 0.15) is 5.89 Å². The van der Waals surface area contributed by atoms with Crippen LogP contribution in [0.3, 0.4) is 0 Å². The van der Waals surface area contributed by atoms with E-state index in [0.29, 0.717) is 37.7 Å². The Kier molecular flexibility index (Phi) is 6.14. The quantitative estimate of drug-likeness (QED) is 0.283. The number of carbonyl (C=O) groups is 1. The summed E-state index contributed by atoms with van der Waals surface area (Å²) in [5.41, 5.74) is 1.17. The molecule has 5 rings (SSSR count). The van der Waals surface area contributed by atoms with Crippen molar-refractivity contribution < 1.29 is 22.7 Å². The molecule has 186 valence electrons. The molecule has 0 fully saturated rings. The molecule has 0 aliphatic carbocycles. The molecule has 2 aromatic carbocycles. The molecular formula is C26H18F2N4O4S. The van der Waals surface area contributed by atoms with Gasteiger partial charge in [-0.2, -0.15) is 0 Å². The number of aromatic nitrogens is 3. The molecule has 3 aromatic heterocycles. The molecule has 0 aliphatic rings. The molecule has 37 heavy (non-hydrogen) atoms. The van der Waals surface area contributed by atoms with Crippen LogP contribution in [0.25, 0.3) is 32.0 Å². The van der Waals surface area contributed by atoms with Gasteiger partial charge in [-0.25, -0.2) is 8.78 Å². The molecule has 8 nitrogen and oxygen atoms in total. The Morgan fingerprint density at radius 2 is 1.92 bits per heavy atom. The highest BCUT2D eigenvalue weighted by Gasteiger charge is 2.20. The summed E-state index contributed by atoms with van der Waals surface area (Å²) in [4.78, 5) is 25.5. The number of pyridine rings is 1. The highest BCUT2D eigenvalue weighted by atomic mass is 32.1. The third kappa shape index (κ3) is 4.64. The number of benzene rings is 2. The molecule has 0 unspecified atom stereocenters. The minimum absolute atomic E-state index is 0.195. The van der Waals surface area contributed by atoms with Gasteiger partial charge in [-0.15, -0.1) is 21.5 Å². The molecule has 0 atom stereocenters. The smallest absolute Gasteiger partial charge is 0.268 e. The number of rotatable bonds is 6. The lowest BCUT2D eigenvalue weighted by Gasteiger charge is -2.15. The monoisotopic (exact) mass is 520 g/mol. The molecule has 11 heteroatoms. The number of fused-ring (bicyclic) bond motifs is 1. The highest BCUT2D eigenvalue weighted by molar-refractivity contribution is 7.22. The topological polar surface area (TPSA) is 99.2 Å². The summed E-state index contributed by atoms with van der Waals surface area (Å²) in [5.74, 6) is -1.40. The Morgan fingerprint density at radius 1 is 1.14 bits per heavy atom. The van der Waals surface area contributed by atoms with Crippen LogP contribution in [0, 0.1) is 18.6 Å². The zero-order valence-corrected chi connectivity index (χ0v) is 20.4. The van der Waals surface area contributed by atoms with E-state index in [1.54, 1.807) is 44.4 Å². The summed E-state index contributed by atoms with van der Waals surface area (Å²) in [6.07, 6.45) is 2.74. The number of halogens is 2. The van der Waals surface area contributed by atoms with E-state index in [1.807, 2.05) is 0 Å². The second kappa shape index (κ2) is 9.43. The molecule has 0 bridgehead atoms. The third-order valence-corrected chi connectivity index (χ3v) is 6.54. The van der Waals surface area contributed by atoms with Crippen molar-refractivity contribution in [2.45, 2.75) is 6.92 Å². The van der Waals surface area contributed by atoms with Crippen LogP contribution in [0.2, 0.25) is 0 Å². The number of amides is 1. The Bertz CT molecular complexity index is 1760. The number of nitrogens with zero attached hydrogens (tertiary/aromatic N) is 3. The fraction of sp³-hybridized carbons (Fsp3) is 0.0769. The van der Waals surface area contributed by atoms with Crippen LogP contribution in [-0.4, -0.2) is 20.7 Å². The molecule has 1 amide bonds. The number of thiophene rings is 1. The molecule has 0 saturated carbocycles. The van der Waals surface area contributed by atoms with Crippen LogP contribution in [0.5, 0.6) is 11.5 Å². The normalized spacial score (nSPS) is 11.0. The van der Waals surface area contributed by atoms with Crippen LogP contribution in [-0.2, 0) is 11.8 Å². The van der Waals surface area contributed by atoms with Gasteiger partial charge in [0.2, 0.25) is 11.8 Å². The fourth-order valence-corrected chi connectivity index (χ4v) is 4.80. The van der Waals surface area contributed by atoms with Crippen molar-refractivity contribution in [3.63, 3.8) is 0 Å². The van der Waals surface area contributed by atoms with Crippen molar-refractivity contribution in [3.05, 3.63) is 89.2 Å². The lowest BCUT2D eigenvalue weighted by atomic mass is 10.0. The standard InChI is InChI=1S/C26H18F2N4O4S/c1-4-23(33)29-15-6-8-20(36-21-7-5-14(27)9-19(21)28)16(10-15)18-12-32(3)26(34)24-17(18)11-22(37-24)25-31-30-13(2)35-25/h4-12H,1H2,2-3H3,(H,29,33). The van der Waals surface area contributed by atoms with Crippen LogP contribution in [0.4, 0.5) is 14.5 Å². The zero-order valence-electron chi connectivity index (χ0n) is 19.5. The van der Waals surface area contributed by atoms with Gasteiger partial charge in [0.05, 0.1) is 4.88 Å². The summed E-state index contributed by atoms with van der Waals surface area (Å²) in [6, 6.07) is 9.48. The summed E-state index contributed by atoms with van der Waals surface area (Å²) in [5, 5.41) is 11.1. The van der Waals surface area contributed by atoms with Gasteiger partial charge < -0.3 is 19.0 Å². The maximum absolute atomic E-state index is 14.4. The molecule has 0 spiro atoms. The highest BCUT2D eigenvalue weighted by Crippen LogP contribution is 2.42. The molecule has 0 saturated heterocycles. The maximum atomic E-state index is 14.4. The SMILES string of the molecule is C=CC(=O)Nc1ccc(Oc2ccc(F)cc2F)c(-c2cn(C)c(=O)c3sc(-c4nnc(C)o4)cc23)c1. The first-order valence-corrected chi connectivity index (χ1v) is 11.7. The van der Waals surface area contributed by atoms with E-state index in [2.05, 4.69) is 22.1 Å². The molecule has 0 aliphatic heterocycles. The second-order valence-electron chi connectivity index (χ2n) is 8.02. The minimum atomic E-state index is -0.884. The predicted molar refractivity (Wildman–Crippen MR) is 136 cm³/mol. The summed E-state index contributed by atoms with van der Waals surface area (Å²) >= 11 is 1.19. The molecule has 1 N–H and O–H groups in total. The minimum Gasteiger partial charge on any atom is -0.454 e. The lowest BCUT2D eigenvalue weighted by molar-refractivity contribution is -0.111. The number of anilines is 1. The van der Waals surface area contributed by atoms with E-state index in [1.165, 1.54) is 22.0 Å². The van der Waals surface area contributed by atoms with Gasteiger partial charge in [-0.3, -0.25) is 9.59 Å². The maximum Gasteiger partial charge on any atom is 0.268 e. The molecule has 0 radical (unpaired) electrons. The third-order valence-electron chi connectivity index (χ3n) is 5.43. The van der Waals surface area contributed by atoms with Crippen LogP contribution >= 0.6 is 11.3 Å². The van der Waals surface area contributed by atoms with Crippen molar-refractivity contribution in [3.8, 4) is 33.4 Å². The summed E-state index contributed by atoms with van der Waals surface area (Å²) in [6.45, 7) is 5.12. The lowest BCUT2D eigenvalue weighted by Crippen LogP contribution is -2.15. The first kappa shape index (κ1) is 24.1. The number of aryl methyl sites for hydroxylation is 2. The van der Waals surface area contributed by atoms with Crippen molar-refractivity contribution in [1.82, 2.24) is 14.8 Å². The Labute approximate surface area is 212 Å². The average molecular weight is 521 g/mol. The summed E-state index contributed by atoms with van der Waals surface area (Å²) < 4.78 is 41.1. The van der Waals surface area contributed by atoms with Gasteiger partial charge in [0, 0.05) is 48.4 Å². The van der Waals surface area contributed by atoms with Crippen LogP contribution < -0.4 is 15.6 Å². The van der Waals surface area contributed by atoms with E-state index in [4.69, 9.17) is 9.15 Å². The Morgan fingerprint density at radius 3 is 2.62 bits per heavy atom. The van der Waals surface area contributed by atoms with Gasteiger partial charge >= 0.3 is 0 Å². The number of hydrogen-bond donors (Lipinski definition) is 1. The van der Waals surface area contributed by atoms with E-state index < -0.39 is 17.5 Å². The van der Waals surface area contributed by atoms with Gasteiger partial charge in [-0.05, 0) is 42.5 Å². The largest absolute Gasteiger partial charge is 0.454 e.